The first-order chi connectivity index (χ1) is 13.0. The summed E-state index contributed by atoms with van der Waals surface area (Å²) in [4.78, 5) is 18.9. The van der Waals surface area contributed by atoms with Crippen molar-refractivity contribution >= 4 is 12.1 Å². The largest absolute Gasteiger partial charge is 0.493 e. The van der Waals surface area contributed by atoms with Gasteiger partial charge in [0.05, 0.1) is 19.9 Å². The number of nitrogens with zero attached hydrogens (tertiary/aromatic N) is 2. The number of benzene rings is 2. The number of amides is 1. The smallest absolute Gasteiger partial charge is 0.263 e. The van der Waals surface area contributed by atoms with Crippen LogP contribution in [-0.2, 0) is 16.2 Å². The minimum absolute atomic E-state index is 0.118. The van der Waals surface area contributed by atoms with E-state index in [9.17, 15) is 4.79 Å². The van der Waals surface area contributed by atoms with Gasteiger partial charge in [-0.05, 0) is 37.6 Å². The predicted molar refractivity (Wildman–Crippen MR) is 105 cm³/mol. The fourth-order valence-corrected chi connectivity index (χ4v) is 2.40. The average Bonchev–Trinajstić information content (AvgIpc) is 2.67. The SMILES string of the molecule is CCOc1ccc(/C=N/OCC(=O)N(C)Cc2ccc(C)cc2)cc1OC. The number of methoxy groups -OCH3 is 1. The number of hydrogen-bond acceptors (Lipinski definition) is 5. The van der Waals surface area contributed by atoms with Gasteiger partial charge in [-0.15, -0.1) is 0 Å². The van der Waals surface area contributed by atoms with Crippen molar-refractivity contribution in [2.24, 2.45) is 5.16 Å². The van der Waals surface area contributed by atoms with Crippen LogP contribution in [0.3, 0.4) is 0 Å². The van der Waals surface area contributed by atoms with Crippen LogP contribution < -0.4 is 9.47 Å². The molecule has 0 radical (unpaired) electrons. The molecule has 2 rings (SSSR count). The highest BCUT2D eigenvalue weighted by molar-refractivity contribution is 5.81. The Morgan fingerprint density at radius 1 is 1.15 bits per heavy atom. The molecule has 0 N–H and O–H groups in total. The van der Waals surface area contributed by atoms with Crippen LogP contribution in [0.15, 0.2) is 47.6 Å². The standard InChI is InChI=1S/C21H26N2O4/c1-5-26-19-11-10-18(12-20(19)25-4)13-22-27-15-21(24)23(3)14-17-8-6-16(2)7-9-17/h6-13H,5,14-15H2,1-4H3/b22-13+. The molecule has 6 heteroatoms. The summed E-state index contributed by atoms with van der Waals surface area (Å²) in [5, 5.41) is 3.86. The van der Waals surface area contributed by atoms with E-state index in [0.29, 0.717) is 24.7 Å². The van der Waals surface area contributed by atoms with Gasteiger partial charge in [0.1, 0.15) is 0 Å². The van der Waals surface area contributed by atoms with E-state index in [-0.39, 0.29) is 12.5 Å². The normalized spacial score (nSPS) is 10.7. The molecule has 0 heterocycles. The molecule has 0 aliphatic heterocycles. The number of carbonyl (C=O) groups excluding carboxylic acids is 1. The molecule has 2 aromatic rings. The highest BCUT2D eigenvalue weighted by Crippen LogP contribution is 2.27. The second-order valence-corrected chi connectivity index (χ2v) is 6.09. The summed E-state index contributed by atoms with van der Waals surface area (Å²) in [6, 6.07) is 13.5. The minimum atomic E-state index is -0.142. The Kier molecular flexibility index (Phi) is 7.67. The second-order valence-electron chi connectivity index (χ2n) is 6.09. The maximum absolute atomic E-state index is 12.1. The van der Waals surface area contributed by atoms with Crippen LogP contribution in [0, 0.1) is 6.92 Å². The average molecular weight is 370 g/mol. The van der Waals surface area contributed by atoms with E-state index >= 15 is 0 Å². The summed E-state index contributed by atoms with van der Waals surface area (Å²) in [6.45, 7) is 4.92. The van der Waals surface area contributed by atoms with Crippen LogP contribution in [0.1, 0.15) is 23.6 Å². The molecular weight excluding hydrogens is 344 g/mol. The van der Waals surface area contributed by atoms with Crippen LogP contribution in [0.2, 0.25) is 0 Å². The molecule has 6 nitrogen and oxygen atoms in total. The Hall–Kier alpha value is -3.02. The minimum Gasteiger partial charge on any atom is -0.493 e. The van der Waals surface area contributed by atoms with E-state index in [2.05, 4.69) is 5.16 Å². The van der Waals surface area contributed by atoms with Crippen molar-refractivity contribution in [3.05, 3.63) is 59.2 Å². The summed E-state index contributed by atoms with van der Waals surface area (Å²) in [5.41, 5.74) is 3.05. The van der Waals surface area contributed by atoms with Gasteiger partial charge < -0.3 is 19.2 Å². The molecule has 0 atom stereocenters. The third-order valence-corrected chi connectivity index (χ3v) is 3.92. The molecule has 0 aliphatic rings. The zero-order valence-corrected chi connectivity index (χ0v) is 16.3. The van der Waals surface area contributed by atoms with Crippen molar-refractivity contribution in [3.8, 4) is 11.5 Å². The Morgan fingerprint density at radius 3 is 2.56 bits per heavy atom. The summed E-state index contributed by atoms with van der Waals surface area (Å²) in [7, 11) is 3.32. The van der Waals surface area contributed by atoms with Crippen molar-refractivity contribution in [1.82, 2.24) is 4.90 Å². The molecule has 2 aromatic carbocycles. The van der Waals surface area contributed by atoms with E-state index in [1.54, 1.807) is 25.1 Å². The number of carbonyl (C=O) groups is 1. The van der Waals surface area contributed by atoms with Crippen LogP contribution in [0.4, 0.5) is 0 Å². The first-order valence-corrected chi connectivity index (χ1v) is 8.79. The highest BCUT2D eigenvalue weighted by Gasteiger charge is 2.10. The first kappa shape index (κ1) is 20.3. The highest BCUT2D eigenvalue weighted by atomic mass is 16.6. The Balaban J connectivity index is 1.83. The van der Waals surface area contributed by atoms with E-state index in [1.807, 2.05) is 50.2 Å². The van der Waals surface area contributed by atoms with Gasteiger partial charge in [-0.3, -0.25) is 4.79 Å². The van der Waals surface area contributed by atoms with Crippen molar-refractivity contribution in [2.45, 2.75) is 20.4 Å². The van der Waals surface area contributed by atoms with Gasteiger partial charge >= 0.3 is 0 Å². The van der Waals surface area contributed by atoms with Crippen molar-refractivity contribution in [3.63, 3.8) is 0 Å². The van der Waals surface area contributed by atoms with Gasteiger partial charge in [0.25, 0.3) is 5.91 Å². The third kappa shape index (κ3) is 6.33. The maximum atomic E-state index is 12.1. The third-order valence-electron chi connectivity index (χ3n) is 3.92. The predicted octanol–water partition coefficient (Wildman–Crippen LogP) is 3.41. The Bertz CT molecular complexity index is 772. The van der Waals surface area contributed by atoms with E-state index in [0.717, 1.165) is 11.1 Å². The van der Waals surface area contributed by atoms with Crippen LogP contribution in [-0.4, -0.2) is 44.4 Å². The molecule has 27 heavy (non-hydrogen) atoms. The van der Waals surface area contributed by atoms with Gasteiger partial charge in [0.2, 0.25) is 0 Å². The fraction of sp³-hybridized carbons (Fsp3) is 0.333. The van der Waals surface area contributed by atoms with E-state index in [1.165, 1.54) is 11.8 Å². The second kappa shape index (κ2) is 10.2. The fourth-order valence-electron chi connectivity index (χ4n) is 2.40. The van der Waals surface area contributed by atoms with Gasteiger partial charge in [0.15, 0.2) is 18.1 Å². The molecule has 0 aromatic heterocycles. The molecule has 0 fully saturated rings. The van der Waals surface area contributed by atoms with Crippen LogP contribution >= 0.6 is 0 Å². The molecule has 0 saturated heterocycles. The Morgan fingerprint density at radius 2 is 1.89 bits per heavy atom. The van der Waals surface area contributed by atoms with Gasteiger partial charge in [0, 0.05) is 19.2 Å². The summed E-state index contributed by atoms with van der Waals surface area (Å²) < 4.78 is 10.8. The first-order valence-electron chi connectivity index (χ1n) is 8.79. The molecule has 0 unspecified atom stereocenters. The van der Waals surface area contributed by atoms with Gasteiger partial charge in [-0.2, -0.15) is 0 Å². The lowest BCUT2D eigenvalue weighted by atomic mass is 10.1. The topological polar surface area (TPSA) is 60.4 Å². The summed E-state index contributed by atoms with van der Waals surface area (Å²) in [6.07, 6.45) is 1.53. The number of oxime groups is 1. The molecule has 144 valence electrons. The molecule has 1 amide bonds. The van der Waals surface area contributed by atoms with Crippen molar-refractivity contribution in [2.75, 3.05) is 27.4 Å². The van der Waals surface area contributed by atoms with E-state index in [4.69, 9.17) is 14.3 Å². The number of ether oxygens (including phenoxy) is 2. The Labute approximate surface area is 160 Å². The number of hydrogen-bond donors (Lipinski definition) is 0. The molecule has 0 spiro atoms. The lowest BCUT2D eigenvalue weighted by molar-refractivity contribution is -0.135. The van der Waals surface area contributed by atoms with Gasteiger partial charge in [-0.1, -0.05) is 35.0 Å². The molecule has 0 aliphatic carbocycles. The lowest BCUT2D eigenvalue weighted by Crippen LogP contribution is -2.29. The van der Waals surface area contributed by atoms with Crippen molar-refractivity contribution < 1.29 is 19.1 Å². The quantitative estimate of drug-likeness (QED) is 0.501. The summed E-state index contributed by atoms with van der Waals surface area (Å²) in [5.74, 6) is 1.15. The lowest BCUT2D eigenvalue weighted by Gasteiger charge is -2.16. The monoisotopic (exact) mass is 370 g/mol. The summed E-state index contributed by atoms with van der Waals surface area (Å²) >= 11 is 0. The molecular formula is C21H26N2O4. The van der Waals surface area contributed by atoms with E-state index < -0.39 is 0 Å². The van der Waals surface area contributed by atoms with Crippen LogP contribution in [0.5, 0.6) is 11.5 Å². The zero-order chi connectivity index (χ0) is 19.6. The zero-order valence-electron chi connectivity index (χ0n) is 16.3. The van der Waals surface area contributed by atoms with Gasteiger partial charge in [-0.25, -0.2) is 0 Å². The number of likely N-dealkylation sites (N-methyl/N-ethyl adjacent to an activating group) is 1. The maximum Gasteiger partial charge on any atom is 0.263 e. The number of aryl methyl sites for hydroxylation is 1. The van der Waals surface area contributed by atoms with Crippen molar-refractivity contribution in [1.29, 1.82) is 0 Å². The molecule has 0 bridgehead atoms. The molecule has 0 saturated carbocycles. The van der Waals surface area contributed by atoms with Crippen LogP contribution in [0.25, 0.3) is 0 Å². The number of rotatable bonds is 9.